The zero-order valence-electron chi connectivity index (χ0n) is 11.4. The monoisotopic (exact) mass is 271 g/mol. The Balaban J connectivity index is 1.84. The van der Waals surface area contributed by atoms with Crippen molar-refractivity contribution in [1.82, 2.24) is 5.32 Å². The molecule has 2 aliphatic rings. The normalized spacial score (nSPS) is 25.9. The van der Waals surface area contributed by atoms with Crippen LogP contribution in [0.3, 0.4) is 0 Å². The number of aliphatic carboxylic acids is 1. The van der Waals surface area contributed by atoms with Gasteiger partial charge in [0, 0.05) is 16.5 Å². The molecule has 2 aliphatic carbocycles. The average molecular weight is 271 g/mol. The number of carboxylic acid groups (broad SMARTS) is 1. The highest BCUT2D eigenvalue weighted by Gasteiger charge is 2.39. The molecule has 2 saturated carbocycles. The standard InChI is InChI=1S/C14H25NO2S/c1-10(18-12-5-3-4-6-12)9-14(2,13(16)17)15-11-7-8-11/h10-12,15H,3-9H2,1-2H3,(H,16,17). The van der Waals surface area contributed by atoms with Crippen LogP contribution in [-0.2, 0) is 4.79 Å². The van der Waals surface area contributed by atoms with Crippen LogP contribution in [0.5, 0.6) is 0 Å². The summed E-state index contributed by atoms with van der Waals surface area (Å²) < 4.78 is 0. The molecule has 2 atom stereocenters. The predicted molar refractivity (Wildman–Crippen MR) is 76.1 cm³/mol. The van der Waals surface area contributed by atoms with E-state index in [1.165, 1.54) is 25.7 Å². The first-order valence-corrected chi connectivity index (χ1v) is 8.10. The van der Waals surface area contributed by atoms with Crippen LogP contribution in [0.15, 0.2) is 0 Å². The molecule has 3 nitrogen and oxygen atoms in total. The number of carbonyl (C=O) groups is 1. The molecular formula is C14H25NO2S. The third kappa shape index (κ3) is 3.89. The van der Waals surface area contributed by atoms with Crippen molar-refractivity contribution in [3.05, 3.63) is 0 Å². The highest BCUT2D eigenvalue weighted by Crippen LogP contribution is 2.35. The molecule has 0 radical (unpaired) electrons. The second kappa shape index (κ2) is 5.83. The summed E-state index contributed by atoms with van der Waals surface area (Å²) in [5.41, 5.74) is -0.744. The molecule has 0 aromatic carbocycles. The zero-order valence-corrected chi connectivity index (χ0v) is 12.3. The number of nitrogens with one attached hydrogen (secondary N) is 1. The van der Waals surface area contributed by atoms with Crippen molar-refractivity contribution in [1.29, 1.82) is 0 Å². The maximum absolute atomic E-state index is 11.5. The quantitative estimate of drug-likeness (QED) is 0.747. The van der Waals surface area contributed by atoms with Gasteiger partial charge in [0.05, 0.1) is 0 Å². The van der Waals surface area contributed by atoms with Gasteiger partial charge in [-0.3, -0.25) is 10.1 Å². The fourth-order valence-corrected chi connectivity index (χ4v) is 4.55. The number of rotatable bonds is 7. The van der Waals surface area contributed by atoms with E-state index in [2.05, 4.69) is 12.2 Å². The van der Waals surface area contributed by atoms with Crippen molar-refractivity contribution in [3.63, 3.8) is 0 Å². The number of hydrogen-bond donors (Lipinski definition) is 2. The van der Waals surface area contributed by atoms with Gasteiger partial charge in [-0.15, -0.1) is 0 Å². The molecule has 0 aromatic heterocycles. The Bertz CT molecular complexity index is 300. The lowest BCUT2D eigenvalue weighted by Gasteiger charge is -2.30. The summed E-state index contributed by atoms with van der Waals surface area (Å²) in [6.07, 6.45) is 8.31. The Hall–Kier alpha value is -0.220. The minimum atomic E-state index is -0.744. The third-order valence-corrected chi connectivity index (χ3v) is 5.48. The number of hydrogen-bond acceptors (Lipinski definition) is 3. The minimum Gasteiger partial charge on any atom is -0.480 e. The molecule has 2 N–H and O–H groups in total. The van der Waals surface area contributed by atoms with Gasteiger partial charge in [0.25, 0.3) is 0 Å². The largest absolute Gasteiger partial charge is 0.480 e. The van der Waals surface area contributed by atoms with E-state index in [1.807, 2.05) is 18.7 Å². The van der Waals surface area contributed by atoms with Crippen LogP contribution >= 0.6 is 11.8 Å². The molecule has 0 aliphatic heterocycles. The molecule has 104 valence electrons. The molecule has 0 bridgehead atoms. The van der Waals surface area contributed by atoms with E-state index in [9.17, 15) is 9.90 Å². The maximum atomic E-state index is 11.5. The molecule has 2 fully saturated rings. The van der Waals surface area contributed by atoms with E-state index >= 15 is 0 Å². The summed E-state index contributed by atoms with van der Waals surface area (Å²) in [5.74, 6) is -0.701. The maximum Gasteiger partial charge on any atom is 0.323 e. The van der Waals surface area contributed by atoms with Crippen molar-refractivity contribution in [2.24, 2.45) is 0 Å². The summed E-state index contributed by atoms with van der Waals surface area (Å²) in [7, 11) is 0. The van der Waals surface area contributed by atoms with Gasteiger partial charge in [0.2, 0.25) is 0 Å². The summed E-state index contributed by atoms with van der Waals surface area (Å²) >= 11 is 2.00. The predicted octanol–water partition coefficient (Wildman–Crippen LogP) is 3.04. The van der Waals surface area contributed by atoms with Crippen LogP contribution in [0.25, 0.3) is 0 Å². The Morgan fingerprint density at radius 2 is 2.00 bits per heavy atom. The fourth-order valence-electron chi connectivity index (χ4n) is 2.86. The van der Waals surface area contributed by atoms with Gasteiger partial charge in [-0.2, -0.15) is 11.8 Å². The van der Waals surface area contributed by atoms with Gasteiger partial charge in [-0.05, 0) is 39.0 Å². The molecule has 2 unspecified atom stereocenters. The van der Waals surface area contributed by atoms with E-state index in [1.54, 1.807) is 0 Å². The van der Waals surface area contributed by atoms with Crippen LogP contribution in [0.4, 0.5) is 0 Å². The molecular weight excluding hydrogens is 246 g/mol. The molecule has 2 rings (SSSR count). The van der Waals surface area contributed by atoms with E-state index in [-0.39, 0.29) is 0 Å². The summed E-state index contributed by atoms with van der Waals surface area (Å²) in [6.45, 7) is 4.03. The Kier molecular flexibility index (Phi) is 4.59. The lowest BCUT2D eigenvalue weighted by atomic mass is 9.96. The third-order valence-electron chi connectivity index (χ3n) is 3.99. The van der Waals surface area contributed by atoms with Crippen LogP contribution in [0.1, 0.15) is 58.8 Å². The fraction of sp³-hybridized carbons (Fsp3) is 0.929. The smallest absolute Gasteiger partial charge is 0.323 e. The van der Waals surface area contributed by atoms with E-state index in [4.69, 9.17) is 0 Å². The second-order valence-corrected chi connectivity index (χ2v) is 7.86. The highest BCUT2D eigenvalue weighted by molar-refractivity contribution is 8.00. The molecule has 0 spiro atoms. The van der Waals surface area contributed by atoms with Gasteiger partial charge in [-0.1, -0.05) is 19.8 Å². The number of carboxylic acids is 1. The van der Waals surface area contributed by atoms with Gasteiger partial charge in [0.15, 0.2) is 0 Å². The van der Waals surface area contributed by atoms with Crippen LogP contribution in [0.2, 0.25) is 0 Å². The first-order valence-electron chi connectivity index (χ1n) is 7.16. The van der Waals surface area contributed by atoms with Crippen molar-refractivity contribution in [2.45, 2.75) is 80.9 Å². The lowest BCUT2D eigenvalue weighted by molar-refractivity contribution is -0.144. The van der Waals surface area contributed by atoms with E-state index in [0.29, 0.717) is 11.3 Å². The molecule has 0 saturated heterocycles. The average Bonchev–Trinajstić information content (AvgIpc) is 2.92. The minimum absolute atomic E-state index is 0.417. The first kappa shape index (κ1) is 14.2. The van der Waals surface area contributed by atoms with Crippen LogP contribution in [-0.4, -0.2) is 33.2 Å². The second-order valence-electron chi connectivity index (χ2n) is 6.11. The Morgan fingerprint density at radius 3 is 2.50 bits per heavy atom. The van der Waals surface area contributed by atoms with Crippen LogP contribution < -0.4 is 5.32 Å². The summed E-state index contributed by atoms with van der Waals surface area (Å²) in [5, 5.41) is 13.9. The Morgan fingerprint density at radius 1 is 1.39 bits per heavy atom. The Labute approximate surface area is 114 Å². The molecule has 0 heterocycles. The van der Waals surface area contributed by atoms with Crippen molar-refractivity contribution >= 4 is 17.7 Å². The highest BCUT2D eigenvalue weighted by atomic mass is 32.2. The SMILES string of the molecule is CC(CC(C)(NC1CC1)C(=O)O)SC1CCCC1. The summed E-state index contributed by atoms with van der Waals surface area (Å²) in [6, 6.07) is 0.440. The van der Waals surface area contributed by atoms with E-state index in [0.717, 1.165) is 24.5 Å². The van der Waals surface area contributed by atoms with Gasteiger partial charge < -0.3 is 5.11 Å². The lowest BCUT2D eigenvalue weighted by Crippen LogP contribution is -2.52. The first-order chi connectivity index (χ1) is 8.49. The van der Waals surface area contributed by atoms with Crippen molar-refractivity contribution in [2.75, 3.05) is 0 Å². The molecule has 0 amide bonds. The molecule has 0 aromatic rings. The topological polar surface area (TPSA) is 49.3 Å². The van der Waals surface area contributed by atoms with E-state index < -0.39 is 11.5 Å². The zero-order chi connectivity index (χ0) is 13.2. The van der Waals surface area contributed by atoms with Crippen molar-refractivity contribution in [3.8, 4) is 0 Å². The number of thioether (sulfide) groups is 1. The van der Waals surface area contributed by atoms with Gasteiger partial charge in [0.1, 0.15) is 5.54 Å². The van der Waals surface area contributed by atoms with Gasteiger partial charge >= 0.3 is 5.97 Å². The summed E-state index contributed by atoms with van der Waals surface area (Å²) in [4.78, 5) is 11.5. The molecule has 4 heteroatoms. The van der Waals surface area contributed by atoms with Crippen LogP contribution in [0, 0.1) is 0 Å². The van der Waals surface area contributed by atoms with Crippen molar-refractivity contribution < 1.29 is 9.90 Å². The van der Waals surface area contributed by atoms with Gasteiger partial charge in [-0.25, -0.2) is 0 Å². The molecule has 18 heavy (non-hydrogen) atoms.